The molecule has 0 aliphatic carbocycles. The molecule has 16 heavy (non-hydrogen) atoms. The van der Waals surface area contributed by atoms with E-state index in [4.69, 9.17) is 5.73 Å². The van der Waals surface area contributed by atoms with E-state index in [9.17, 15) is 0 Å². The van der Waals surface area contributed by atoms with Gasteiger partial charge in [0.2, 0.25) is 0 Å². The molecule has 0 fully saturated rings. The van der Waals surface area contributed by atoms with Crippen LogP contribution in [-0.2, 0) is 0 Å². The molecule has 1 aromatic carbocycles. The average Bonchev–Trinajstić information content (AvgIpc) is 2.23. The van der Waals surface area contributed by atoms with Gasteiger partial charge >= 0.3 is 0 Å². The maximum atomic E-state index is 5.73. The smallest absolute Gasteiger partial charge is 0.0317 e. The molecule has 1 aromatic rings. The van der Waals surface area contributed by atoms with E-state index in [0.717, 1.165) is 27.8 Å². The molecule has 0 amide bonds. The maximum absolute atomic E-state index is 5.73. The van der Waals surface area contributed by atoms with Crippen LogP contribution >= 0.6 is 0 Å². The van der Waals surface area contributed by atoms with Crippen molar-refractivity contribution in [3.05, 3.63) is 65.9 Å². The molecule has 0 saturated heterocycles. The van der Waals surface area contributed by atoms with Gasteiger partial charge in [-0.05, 0) is 48.2 Å². The summed E-state index contributed by atoms with van der Waals surface area (Å²) in [6.45, 7) is 15.2. The molecular formula is C15H17N. The molecule has 0 spiro atoms. The number of hydrogen-bond donors (Lipinski definition) is 1. The van der Waals surface area contributed by atoms with Crippen LogP contribution in [0.5, 0.6) is 0 Å². The van der Waals surface area contributed by atoms with Gasteiger partial charge < -0.3 is 5.73 Å². The number of rotatable bonds is 3. The van der Waals surface area contributed by atoms with Crippen LogP contribution in [-0.4, -0.2) is 0 Å². The predicted octanol–water partition coefficient (Wildman–Crippen LogP) is 3.59. The Morgan fingerprint density at radius 2 is 1.75 bits per heavy atom. The fourth-order valence-electron chi connectivity index (χ4n) is 1.73. The van der Waals surface area contributed by atoms with Gasteiger partial charge in [0.05, 0.1) is 0 Å². The third-order valence-electron chi connectivity index (χ3n) is 2.60. The average molecular weight is 211 g/mol. The van der Waals surface area contributed by atoms with E-state index in [1.165, 1.54) is 0 Å². The summed E-state index contributed by atoms with van der Waals surface area (Å²) in [4.78, 5) is 0. The third-order valence-corrected chi connectivity index (χ3v) is 2.60. The molecule has 0 aliphatic rings. The SMILES string of the molecule is C=C=C(C=C)c1cc(C)c(C(=C)N)cc1C. The summed E-state index contributed by atoms with van der Waals surface area (Å²) in [5, 5.41) is 0. The van der Waals surface area contributed by atoms with Gasteiger partial charge in [0.25, 0.3) is 0 Å². The van der Waals surface area contributed by atoms with Gasteiger partial charge in [-0.15, -0.1) is 5.73 Å². The third kappa shape index (κ3) is 2.16. The van der Waals surface area contributed by atoms with Crippen LogP contribution in [0.1, 0.15) is 22.3 Å². The van der Waals surface area contributed by atoms with Crippen molar-refractivity contribution in [1.29, 1.82) is 0 Å². The van der Waals surface area contributed by atoms with Gasteiger partial charge in [0.15, 0.2) is 0 Å². The topological polar surface area (TPSA) is 26.0 Å². The molecule has 82 valence electrons. The Kier molecular flexibility index (Phi) is 3.55. The van der Waals surface area contributed by atoms with E-state index in [2.05, 4.69) is 31.5 Å². The number of benzene rings is 1. The molecule has 0 saturated carbocycles. The Hall–Kier alpha value is -1.98. The largest absolute Gasteiger partial charge is 0.399 e. The molecule has 0 aliphatic heterocycles. The summed E-state index contributed by atoms with van der Waals surface area (Å²) in [6, 6.07) is 4.10. The molecule has 1 rings (SSSR count). The Morgan fingerprint density at radius 3 is 2.19 bits per heavy atom. The van der Waals surface area contributed by atoms with Crippen LogP contribution in [0, 0.1) is 13.8 Å². The second kappa shape index (κ2) is 4.69. The number of aryl methyl sites for hydroxylation is 2. The van der Waals surface area contributed by atoms with E-state index < -0.39 is 0 Å². The summed E-state index contributed by atoms with van der Waals surface area (Å²) < 4.78 is 0. The fraction of sp³-hybridized carbons (Fsp3) is 0.133. The van der Waals surface area contributed by atoms with E-state index in [-0.39, 0.29) is 0 Å². The second-order valence-corrected chi connectivity index (χ2v) is 3.80. The lowest BCUT2D eigenvalue weighted by atomic mass is 9.94. The molecule has 1 nitrogen and oxygen atoms in total. The lowest BCUT2D eigenvalue weighted by Gasteiger charge is -2.11. The number of nitrogens with two attached hydrogens (primary N) is 1. The van der Waals surface area contributed by atoms with Crippen LogP contribution in [0.3, 0.4) is 0 Å². The van der Waals surface area contributed by atoms with E-state index >= 15 is 0 Å². The van der Waals surface area contributed by atoms with Crippen molar-refractivity contribution in [3.8, 4) is 0 Å². The molecule has 0 unspecified atom stereocenters. The second-order valence-electron chi connectivity index (χ2n) is 3.80. The maximum Gasteiger partial charge on any atom is 0.0317 e. The van der Waals surface area contributed by atoms with Gasteiger partial charge in [0, 0.05) is 11.3 Å². The lowest BCUT2D eigenvalue weighted by Crippen LogP contribution is -1.99. The zero-order chi connectivity index (χ0) is 12.3. The van der Waals surface area contributed by atoms with Crippen LogP contribution in [0.25, 0.3) is 11.3 Å². The van der Waals surface area contributed by atoms with Crippen LogP contribution in [0.2, 0.25) is 0 Å². The van der Waals surface area contributed by atoms with Crippen molar-refractivity contribution in [1.82, 2.24) is 0 Å². The molecule has 0 radical (unpaired) electrons. The van der Waals surface area contributed by atoms with E-state index in [0.29, 0.717) is 5.70 Å². The number of allylic oxidation sites excluding steroid dienone is 2. The Balaban J connectivity index is 3.47. The zero-order valence-electron chi connectivity index (χ0n) is 9.93. The first kappa shape index (κ1) is 12.1. The monoisotopic (exact) mass is 211 g/mol. The van der Waals surface area contributed by atoms with Crippen LogP contribution in [0.4, 0.5) is 0 Å². The van der Waals surface area contributed by atoms with Crippen molar-refractivity contribution in [3.63, 3.8) is 0 Å². The molecule has 0 heterocycles. The van der Waals surface area contributed by atoms with E-state index in [1.807, 2.05) is 19.9 Å². The van der Waals surface area contributed by atoms with Crippen molar-refractivity contribution in [2.75, 3.05) is 0 Å². The first-order valence-electron chi connectivity index (χ1n) is 5.10. The Labute approximate surface area is 97.3 Å². The normalized spacial score (nSPS) is 9.38. The lowest BCUT2D eigenvalue weighted by molar-refractivity contribution is 1.32. The molecule has 2 N–H and O–H groups in total. The van der Waals surface area contributed by atoms with Gasteiger partial charge in [-0.2, -0.15) is 0 Å². The highest BCUT2D eigenvalue weighted by molar-refractivity contribution is 5.77. The quantitative estimate of drug-likeness (QED) is 0.600. The van der Waals surface area contributed by atoms with Crippen molar-refractivity contribution >= 4 is 11.3 Å². The summed E-state index contributed by atoms with van der Waals surface area (Å²) in [7, 11) is 0. The highest BCUT2D eigenvalue weighted by Gasteiger charge is 2.07. The minimum atomic E-state index is 0.592. The summed E-state index contributed by atoms with van der Waals surface area (Å²) in [5.41, 5.74) is 14.4. The fourth-order valence-corrected chi connectivity index (χ4v) is 1.73. The van der Waals surface area contributed by atoms with Gasteiger partial charge in [-0.1, -0.05) is 25.8 Å². The van der Waals surface area contributed by atoms with Gasteiger partial charge in [0.1, 0.15) is 0 Å². The number of hydrogen-bond acceptors (Lipinski definition) is 1. The highest BCUT2D eigenvalue weighted by Crippen LogP contribution is 2.24. The van der Waals surface area contributed by atoms with Crippen LogP contribution in [0.15, 0.2) is 43.7 Å². The Bertz CT molecular complexity index is 500. The van der Waals surface area contributed by atoms with Gasteiger partial charge in [-0.3, -0.25) is 0 Å². The van der Waals surface area contributed by atoms with Crippen molar-refractivity contribution < 1.29 is 0 Å². The standard InChI is InChI=1S/C15H17N/c1-6-13(7-2)15-9-10(3)14(12(5)16)8-11(15)4/h6,8-9H,1-2,5,16H2,3-4H3. The van der Waals surface area contributed by atoms with Crippen molar-refractivity contribution in [2.24, 2.45) is 5.73 Å². The first-order valence-corrected chi connectivity index (χ1v) is 5.10. The minimum Gasteiger partial charge on any atom is -0.399 e. The highest BCUT2D eigenvalue weighted by atomic mass is 14.6. The van der Waals surface area contributed by atoms with E-state index in [1.54, 1.807) is 6.08 Å². The predicted molar refractivity (Wildman–Crippen MR) is 71.9 cm³/mol. The summed E-state index contributed by atoms with van der Waals surface area (Å²) in [6.07, 6.45) is 1.76. The summed E-state index contributed by atoms with van der Waals surface area (Å²) >= 11 is 0. The molecule has 0 atom stereocenters. The van der Waals surface area contributed by atoms with Crippen LogP contribution < -0.4 is 5.73 Å². The first-order chi connectivity index (χ1) is 7.51. The Morgan fingerprint density at radius 1 is 1.25 bits per heavy atom. The molecular weight excluding hydrogens is 194 g/mol. The van der Waals surface area contributed by atoms with Gasteiger partial charge in [-0.25, -0.2) is 0 Å². The molecule has 1 heteroatoms. The summed E-state index contributed by atoms with van der Waals surface area (Å²) in [5.74, 6) is 0. The minimum absolute atomic E-state index is 0.592. The zero-order valence-corrected chi connectivity index (χ0v) is 9.93. The molecule has 0 aromatic heterocycles. The molecule has 0 bridgehead atoms. The van der Waals surface area contributed by atoms with Crippen molar-refractivity contribution in [2.45, 2.75) is 13.8 Å².